The van der Waals surface area contributed by atoms with Crippen LogP contribution in [-0.2, 0) is 4.74 Å². The predicted octanol–water partition coefficient (Wildman–Crippen LogP) is 1.49. The maximum atomic E-state index is 5.76. The second-order valence-electron chi connectivity index (χ2n) is 6.20. The van der Waals surface area contributed by atoms with Crippen LogP contribution in [0.5, 0.6) is 0 Å². The molecule has 0 spiro atoms. The van der Waals surface area contributed by atoms with Crippen LogP contribution in [0, 0.1) is 5.41 Å². The molecule has 0 aromatic heterocycles. The lowest BCUT2D eigenvalue weighted by atomic mass is 9.91. The molecule has 2 fully saturated rings. The van der Waals surface area contributed by atoms with Crippen molar-refractivity contribution in [2.45, 2.75) is 45.3 Å². The zero-order chi connectivity index (χ0) is 11.6. The van der Waals surface area contributed by atoms with Gasteiger partial charge in [0.2, 0.25) is 0 Å². The van der Waals surface area contributed by atoms with Crippen LogP contribution < -0.4 is 5.32 Å². The largest absolute Gasteiger partial charge is 0.374 e. The van der Waals surface area contributed by atoms with Crippen LogP contribution in [-0.4, -0.2) is 50.3 Å². The van der Waals surface area contributed by atoms with E-state index < -0.39 is 0 Å². The van der Waals surface area contributed by atoms with Crippen molar-refractivity contribution >= 4 is 0 Å². The fraction of sp³-hybridized carbons (Fsp3) is 1.00. The molecule has 2 unspecified atom stereocenters. The molecule has 0 radical (unpaired) electrons. The van der Waals surface area contributed by atoms with Crippen LogP contribution in [0.4, 0.5) is 0 Å². The fourth-order valence-electron chi connectivity index (χ4n) is 2.98. The molecule has 2 rings (SSSR count). The van der Waals surface area contributed by atoms with E-state index in [1.54, 1.807) is 0 Å². The minimum atomic E-state index is 0.391. The van der Waals surface area contributed by atoms with E-state index in [2.05, 4.69) is 31.1 Å². The Bertz CT molecular complexity index is 224. The van der Waals surface area contributed by atoms with E-state index in [1.165, 1.54) is 19.3 Å². The number of nitrogens with one attached hydrogen (secondary N) is 1. The first-order valence-electron chi connectivity index (χ1n) is 6.59. The van der Waals surface area contributed by atoms with Crippen LogP contribution in [0.15, 0.2) is 0 Å². The van der Waals surface area contributed by atoms with Crippen LogP contribution in [0.3, 0.4) is 0 Å². The lowest BCUT2D eigenvalue weighted by molar-refractivity contribution is 0.00261. The second kappa shape index (κ2) is 5.03. The van der Waals surface area contributed by atoms with Crippen molar-refractivity contribution in [1.82, 2.24) is 10.2 Å². The van der Waals surface area contributed by atoms with Crippen LogP contribution in [0.1, 0.15) is 33.1 Å². The van der Waals surface area contributed by atoms with E-state index in [0.717, 1.165) is 32.3 Å². The molecule has 2 aliphatic rings. The van der Waals surface area contributed by atoms with Crippen molar-refractivity contribution in [2.24, 2.45) is 5.41 Å². The van der Waals surface area contributed by atoms with Gasteiger partial charge in [0.1, 0.15) is 0 Å². The first kappa shape index (κ1) is 12.3. The third kappa shape index (κ3) is 3.19. The Hall–Kier alpha value is -0.120. The topological polar surface area (TPSA) is 24.5 Å². The minimum absolute atomic E-state index is 0.391. The number of likely N-dealkylation sites (N-methyl/N-ethyl adjacent to an activating group) is 1. The summed E-state index contributed by atoms with van der Waals surface area (Å²) >= 11 is 0. The van der Waals surface area contributed by atoms with Gasteiger partial charge in [-0.1, -0.05) is 13.8 Å². The molecule has 16 heavy (non-hydrogen) atoms. The smallest absolute Gasteiger partial charge is 0.0826 e. The Balaban J connectivity index is 1.77. The molecule has 1 aliphatic carbocycles. The van der Waals surface area contributed by atoms with Crippen molar-refractivity contribution in [3.05, 3.63) is 0 Å². The van der Waals surface area contributed by atoms with E-state index in [1.807, 2.05) is 0 Å². The van der Waals surface area contributed by atoms with E-state index in [-0.39, 0.29) is 0 Å². The summed E-state index contributed by atoms with van der Waals surface area (Å²) in [6.07, 6.45) is 4.45. The number of ether oxygens (including phenoxy) is 1. The molecule has 1 aliphatic heterocycles. The summed E-state index contributed by atoms with van der Waals surface area (Å²) in [6, 6.07) is 0.764. The highest BCUT2D eigenvalue weighted by atomic mass is 16.5. The van der Waals surface area contributed by atoms with E-state index >= 15 is 0 Å². The van der Waals surface area contributed by atoms with E-state index in [0.29, 0.717) is 11.5 Å². The summed E-state index contributed by atoms with van der Waals surface area (Å²) in [6.45, 7) is 8.75. The Morgan fingerprint density at radius 3 is 2.81 bits per heavy atom. The summed E-state index contributed by atoms with van der Waals surface area (Å²) in [5.41, 5.74) is 0.546. The summed E-state index contributed by atoms with van der Waals surface area (Å²) < 4.78 is 5.76. The van der Waals surface area contributed by atoms with Gasteiger partial charge in [0.25, 0.3) is 0 Å². The second-order valence-corrected chi connectivity index (χ2v) is 6.20. The monoisotopic (exact) mass is 226 g/mol. The molecule has 1 N–H and O–H groups in total. The standard InChI is InChI=1S/C13H26N2O/c1-13(2)5-4-11(8-13)15(3)10-12-9-14-6-7-16-12/h11-12,14H,4-10H2,1-3H3. The SMILES string of the molecule is CN(CC1CNCCO1)C1CCC(C)(C)C1. The van der Waals surface area contributed by atoms with Gasteiger partial charge < -0.3 is 15.0 Å². The third-order valence-electron chi connectivity index (χ3n) is 4.06. The van der Waals surface area contributed by atoms with Gasteiger partial charge >= 0.3 is 0 Å². The van der Waals surface area contributed by atoms with Crippen molar-refractivity contribution in [1.29, 1.82) is 0 Å². The quantitative estimate of drug-likeness (QED) is 0.789. The van der Waals surface area contributed by atoms with Gasteiger partial charge in [-0.25, -0.2) is 0 Å². The maximum Gasteiger partial charge on any atom is 0.0826 e. The normalized spacial score (nSPS) is 34.5. The number of hydrogen-bond acceptors (Lipinski definition) is 3. The molecule has 2 atom stereocenters. The molecule has 1 heterocycles. The molecule has 0 bridgehead atoms. The van der Waals surface area contributed by atoms with Crippen molar-refractivity contribution in [3.8, 4) is 0 Å². The fourth-order valence-corrected chi connectivity index (χ4v) is 2.98. The van der Waals surface area contributed by atoms with Gasteiger partial charge in [0.15, 0.2) is 0 Å². The molecule has 3 heteroatoms. The van der Waals surface area contributed by atoms with Gasteiger partial charge in [-0.05, 0) is 31.7 Å². The first-order valence-corrected chi connectivity index (χ1v) is 6.59. The average Bonchev–Trinajstić information content (AvgIpc) is 2.60. The molecule has 94 valence electrons. The zero-order valence-electron chi connectivity index (χ0n) is 11.0. The van der Waals surface area contributed by atoms with Gasteiger partial charge in [-0.2, -0.15) is 0 Å². The van der Waals surface area contributed by atoms with Crippen molar-refractivity contribution in [2.75, 3.05) is 33.3 Å². The summed E-state index contributed by atoms with van der Waals surface area (Å²) in [5, 5.41) is 3.40. The average molecular weight is 226 g/mol. The number of nitrogens with zero attached hydrogens (tertiary/aromatic N) is 1. The molecule has 0 aromatic carbocycles. The molecular weight excluding hydrogens is 200 g/mol. The van der Waals surface area contributed by atoms with Crippen molar-refractivity contribution < 1.29 is 4.74 Å². The van der Waals surface area contributed by atoms with Crippen LogP contribution in [0.25, 0.3) is 0 Å². The molecule has 0 amide bonds. The highest BCUT2D eigenvalue weighted by Gasteiger charge is 2.33. The Labute approximate surface area is 99.5 Å². The first-order chi connectivity index (χ1) is 7.57. The minimum Gasteiger partial charge on any atom is -0.374 e. The molecule has 0 aromatic rings. The molecule has 1 saturated heterocycles. The van der Waals surface area contributed by atoms with Crippen LogP contribution in [0.2, 0.25) is 0 Å². The summed E-state index contributed by atoms with van der Waals surface area (Å²) in [4.78, 5) is 2.51. The number of morpholine rings is 1. The zero-order valence-corrected chi connectivity index (χ0v) is 11.0. The highest BCUT2D eigenvalue weighted by molar-refractivity contribution is 4.88. The number of hydrogen-bond donors (Lipinski definition) is 1. The highest BCUT2D eigenvalue weighted by Crippen LogP contribution is 2.38. The van der Waals surface area contributed by atoms with Gasteiger partial charge in [0, 0.05) is 25.7 Å². The molecule has 3 nitrogen and oxygen atoms in total. The van der Waals surface area contributed by atoms with Gasteiger partial charge in [0.05, 0.1) is 12.7 Å². The van der Waals surface area contributed by atoms with Crippen LogP contribution >= 0.6 is 0 Å². The lowest BCUT2D eigenvalue weighted by Gasteiger charge is -2.32. The number of rotatable bonds is 3. The Morgan fingerprint density at radius 1 is 1.44 bits per heavy atom. The van der Waals surface area contributed by atoms with E-state index in [9.17, 15) is 0 Å². The Kier molecular flexibility index (Phi) is 3.88. The summed E-state index contributed by atoms with van der Waals surface area (Å²) in [5.74, 6) is 0. The van der Waals surface area contributed by atoms with Crippen molar-refractivity contribution in [3.63, 3.8) is 0 Å². The van der Waals surface area contributed by atoms with Gasteiger partial charge in [-0.3, -0.25) is 0 Å². The Morgan fingerprint density at radius 2 is 2.25 bits per heavy atom. The summed E-state index contributed by atoms with van der Waals surface area (Å²) in [7, 11) is 2.25. The predicted molar refractivity (Wildman–Crippen MR) is 66.7 cm³/mol. The third-order valence-corrected chi connectivity index (χ3v) is 4.06. The molecular formula is C13H26N2O. The molecule has 1 saturated carbocycles. The maximum absolute atomic E-state index is 5.76. The lowest BCUT2D eigenvalue weighted by Crippen LogP contribution is -2.46. The van der Waals surface area contributed by atoms with E-state index in [4.69, 9.17) is 4.74 Å². The van der Waals surface area contributed by atoms with Gasteiger partial charge in [-0.15, -0.1) is 0 Å².